The molecule has 7 aliphatic rings. The third kappa shape index (κ3) is 39.6. The molecule has 6 aromatic carbocycles. The Bertz CT molecular complexity index is 4990. The van der Waals surface area contributed by atoms with E-state index in [0.29, 0.717) is 96.9 Å². The van der Waals surface area contributed by atoms with E-state index in [1.54, 1.807) is 72.8 Å². The zero-order chi connectivity index (χ0) is 98.7. The number of hydrogen-bond acceptors (Lipinski definition) is 25. The molecular weight excluding hydrogens is 1850 g/mol. The molecule has 3 saturated heterocycles. The highest BCUT2D eigenvalue weighted by Gasteiger charge is 2.40. The minimum absolute atomic E-state index is 0.00520. The smallest absolute Gasteiger partial charge is 0.338 e. The van der Waals surface area contributed by atoms with Gasteiger partial charge in [0.2, 0.25) is 5.78 Å². The van der Waals surface area contributed by atoms with Crippen molar-refractivity contribution in [1.82, 2.24) is 31.9 Å². The van der Waals surface area contributed by atoms with Crippen LogP contribution >= 0.6 is 28.4 Å². The fourth-order valence-electron chi connectivity index (χ4n) is 14.8. The number of carbonyl (C=O) groups is 7. The van der Waals surface area contributed by atoms with Crippen molar-refractivity contribution in [1.29, 1.82) is 0 Å². The van der Waals surface area contributed by atoms with Crippen LogP contribution in [0.4, 0.5) is 0 Å². The van der Waals surface area contributed by atoms with Crippen LogP contribution in [-0.4, -0.2) is 207 Å². The third-order valence-corrected chi connectivity index (χ3v) is 26.5. The van der Waals surface area contributed by atoms with Gasteiger partial charge in [-0.25, -0.2) is 4.79 Å². The summed E-state index contributed by atoms with van der Waals surface area (Å²) in [7, 11) is -1.44. The lowest BCUT2D eigenvalue weighted by atomic mass is 9.91. The normalized spacial score (nSPS) is 21.7. The van der Waals surface area contributed by atoms with Crippen molar-refractivity contribution in [3.8, 4) is 46.0 Å². The number of rotatable bonds is 25. The average molecular weight is 1990 g/mol. The van der Waals surface area contributed by atoms with E-state index in [2.05, 4.69) is 195 Å². The predicted molar refractivity (Wildman–Crippen MR) is 541 cm³/mol. The van der Waals surface area contributed by atoms with Crippen molar-refractivity contribution >= 4 is 111 Å². The van der Waals surface area contributed by atoms with E-state index in [9.17, 15) is 59.1 Å². The Labute approximate surface area is 798 Å². The minimum Gasteiger partial charge on any atom is -0.508 e. The van der Waals surface area contributed by atoms with Crippen LogP contribution < -0.4 is 45.5 Å². The second-order valence-corrected chi connectivity index (χ2v) is 60.9. The standard InChI is InChI=1S/C27H26N2O9.C16H27N2O3PSi.C16H24NO4PSi.C16H24NO3PSi.C9H17N3OSi.C6H8O.C3H9N3Si/c30-16-8-6-14(7-9-16)26(36)29-17-13-28-10-2-5-22(17)38-27(37)15-11-20(33)24(21(34)12-15)25(35)23-18(31)3-1-4-19(23)32;1-23(2,3)21-15-5-4-10-17-11-14(15)18-16(19)12-6-8-13(20-22)9-7-12;1-23(2,3)21-15-9-6-12(18)10-14(15)17-16(19)11-4-7-13(20-22)8-5-11;1-22(2,3)20-15-7-5-4-6-14(15)17-16(18)12-8-10-13(19-21)11-9-12;1-14(2,3)13-9-7-5-4-6-8(9)11-12-10;1-2-4-6-5(3-1)7-6;1-7(2,3)6-5-4/h1,3-4,6-9,11-12,17,22,28,30-34H,2,5,10,13H2,(H,29,36);6-9,14-15,17H,4-5,10-11,22H2,1-3H3,(H,18,19);4-5,7-8,14-15H,6,9-10,22H2,1-3H3,(H,17,19);4-5,8-11,14-15H,6-7,21H2,1-3H3,(H,17,18);4-5,8-9H,6-7H2,1-3H3;1-2,5-6H,3-4H2;1-3H3/t17-,22+;3*14-,15+;8-,9+;;/m00000../s1. The SMILES string of the molecule is C1=CCC2OC2C1.C[Si](C)(C)N=[N+]=[N-].C[Si](C)(C)O[C@@H]1CC=CC[C@@H]1N=[N+]=[N-].C[Si](C)(C)O[C@@H]1CC=CC[C@@H]1NC(=O)c1ccc(OP)cc1.C[Si](C)(C)O[C@@H]1CCC(=O)C[C@@H]1NC(=O)c1ccc(OP)cc1.C[Si](C)(C)O[C@@H]1CCCNC[C@@H]1NC(=O)c1ccc(OP)cc1.O=C(N[C@H]1CNCCC[C@H]1OC(=O)c1cc(O)c(C(=O)c2c(O)cccc2O)c(O)c1)c1ccc(O)cc1. The lowest BCUT2D eigenvalue weighted by Gasteiger charge is -2.35. The number of amides is 4. The lowest BCUT2D eigenvalue weighted by Crippen LogP contribution is -2.51. The summed E-state index contributed by atoms with van der Waals surface area (Å²) < 4.78 is 54.2. The van der Waals surface area contributed by atoms with E-state index >= 15 is 0 Å². The number of carbonyl (C=O) groups excluding carboxylic acids is 7. The number of nitrogens with zero attached hydrogens (tertiary/aromatic N) is 6. The van der Waals surface area contributed by atoms with E-state index in [1.165, 1.54) is 30.3 Å². The van der Waals surface area contributed by atoms with Gasteiger partial charge in [-0.1, -0.05) is 67.3 Å². The third-order valence-electron chi connectivity index (χ3n) is 21.0. The fraction of sp³-hybridized carbons (Fsp3) is 0.473. The van der Waals surface area contributed by atoms with E-state index in [-0.39, 0.29) is 83.4 Å². The highest BCUT2D eigenvalue weighted by atomic mass is 31.0. The molecule has 0 aromatic heterocycles. The van der Waals surface area contributed by atoms with Gasteiger partial charge >= 0.3 is 5.97 Å². The lowest BCUT2D eigenvalue weighted by molar-refractivity contribution is -0.122. The van der Waals surface area contributed by atoms with Gasteiger partial charge in [0, 0.05) is 53.1 Å². The van der Waals surface area contributed by atoms with Crippen LogP contribution in [0.2, 0.25) is 98.2 Å². The molecule has 134 heavy (non-hydrogen) atoms. The molecule has 13 rings (SSSR count). The highest BCUT2D eigenvalue weighted by Crippen LogP contribution is 2.38. The molecule has 11 N–H and O–H groups in total. The van der Waals surface area contributed by atoms with Gasteiger partial charge in [0.1, 0.15) is 77.2 Å². The average Bonchev–Trinajstić information content (AvgIpc) is 0.795. The molecule has 3 aliphatic heterocycles. The molecule has 4 fully saturated rings. The molecular formula is C93H135N12O21P3Si5. The van der Waals surface area contributed by atoms with E-state index < -0.39 is 105 Å². The summed E-state index contributed by atoms with van der Waals surface area (Å²) in [6.45, 7) is 34.5. The number of epoxide rings is 1. The van der Waals surface area contributed by atoms with Gasteiger partial charge < -0.3 is 98.2 Å². The molecule has 3 heterocycles. The first-order valence-electron chi connectivity index (χ1n) is 44.9. The molecule has 728 valence electrons. The molecule has 0 spiro atoms. The number of nitrogens with one attached hydrogen (secondary N) is 6. The summed E-state index contributed by atoms with van der Waals surface area (Å²) in [4.78, 5) is 93.1. The van der Waals surface area contributed by atoms with Crippen LogP contribution in [0.25, 0.3) is 20.9 Å². The van der Waals surface area contributed by atoms with E-state index in [1.807, 2.05) is 19.6 Å². The summed E-state index contributed by atoms with van der Waals surface area (Å²) in [6, 6.07) is 31.4. The summed E-state index contributed by atoms with van der Waals surface area (Å²) in [6.07, 6.45) is 23.8. The van der Waals surface area contributed by atoms with Crippen molar-refractivity contribution in [3.05, 3.63) is 224 Å². The number of azide groups is 2. The number of hydrogen-bond donors (Lipinski definition) is 11. The van der Waals surface area contributed by atoms with Crippen molar-refractivity contribution < 1.29 is 99.8 Å². The Morgan fingerprint density at radius 1 is 0.433 bits per heavy atom. The first kappa shape index (κ1) is 111. The van der Waals surface area contributed by atoms with Gasteiger partial charge in [0.25, 0.3) is 23.6 Å². The van der Waals surface area contributed by atoms with E-state index in [4.69, 9.17) is 51.8 Å². The van der Waals surface area contributed by atoms with Gasteiger partial charge in [-0.05, 0) is 300 Å². The topological polar surface area (TPSA) is 477 Å². The number of ketones is 2. The first-order chi connectivity index (χ1) is 63.3. The zero-order valence-electron chi connectivity index (χ0n) is 79.2. The summed E-state index contributed by atoms with van der Waals surface area (Å²) >= 11 is 0. The number of ether oxygens (including phenoxy) is 2. The second-order valence-electron chi connectivity index (χ2n) is 37.8. The molecule has 0 radical (unpaired) electrons. The predicted octanol–water partition coefficient (Wildman–Crippen LogP) is 17.6. The minimum atomic E-state index is -1.73. The van der Waals surface area contributed by atoms with Crippen LogP contribution in [0.3, 0.4) is 0 Å². The maximum Gasteiger partial charge on any atom is 0.338 e. The number of Topliss-reactive ketones (excluding diaryl/α,β-unsaturated/α-hetero) is 1. The Morgan fingerprint density at radius 2 is 0.806 bits per heavy atom. The van der Waals surface area contributed by atoms with Gasteiger partial charge in [0.15, 0.2) is 33.3 Å². The van der Waals surface area contributed by atoms with Gasteiger partial charge in [-0.15, -0.1) is 4.78 Å². The summed E-state index contributed by atoms with van der Waals surface area (Å²) in [5.74, 6) is -3.07. The zero-order valence-corrected chi connectivity index (χ0v) is 87.7. The maximum atomic E-state index is 13.0. The molecule has 6 aromatic rings. The van der Waals surface area contributed by atoms with Crippen LogP contribution in [0, 0.1) is 0 Å². The summed E-state index contributed by atoms with van der Waals surface area (Å²) in [5, 5.41) is 72.7. The van der Waals surface area contributed by atoms with Crippen LogP contribution in [-0.2, 0) is 32.0 Å². The monoisotopic (exact) mass is 1990 g/mol. The van der Waals surface area contributed by atoms with E-state index in [0.717, 1.165) is 88.7 Å². The Hall–Kier alpha value is -9.66. The summed E-state index contributed by atoms with van der Waals surface area (Å²) in [5.41, 5.74) is 17.0. The molecule has 33 nitrogen and oxygen atoms in total. The number of benzene rings is 6. The molecule has 0 bridgehead atoms. The number of aromatic hydroxyl groups is 5. The van der Waals surface area contributed by atoms with Crippen LogP contribution in [0.15, 0.2) is 174 Å². The number of phenolic OH excluding ortho intramolecular Hbond substituents is 5. The van der Waals surface area contributed by atoms with Crippen molar-refractivity contribution in [3.63, 3.8) is 0 Å². The van der Waals surface area contributed by atoms with Crippen molar-refractivity contribution in [2.75, 3.05) is 26.2 Å². The number of esters is 1. The number of fused-ring (bicyclic) bond motifs is 1. The quantitative estimate of drug-likeness (QED) is 0.00292. The maximum absolute atomic E-state index is 13.0. The molecule has 4 amide bonds. The molecule has 4 aliphatic carbocycles. The van der Waals surface area contributed by atoms with Crippen molar-refractivity contribution in [2.45, 2.75) is 255 Å². The second kappa shape index (κ2) is 53.7. The van der Waals surface area contributed by atoms with Gasteiger partial charge in [-0.3, -0.25) is 28.8 Å². The molecule has 1 saturated carbocycles. The van der Waals surface area contributed by atoms with Crippen molar-refractivity contribution in [2.24, 2.45) is 9.89 Å². The molecule has 41 heteroatoms. The largest absolute Gasteiger partial charge is 0.508 e. The highest BCUT2D eigenvalue weighted by molar-refractivity contribution is 7.10. The molecule has 5 unspecified atom stereocenters. The Kier molecular flexibility index (Phi) is 44.7. The van der Waals surface area contributed by atoms with Crippen LogP contribution in [0.5, 0.6) is 46.0 Å². The van der Waals surface area contributed by atoms with Crippen LogP contribution in [0.1, 0.15) is 151 Å². The molecule has 15 atom stereocenters. The van der Waals surface area contributed by atoms with Gasteiger partial charge in [-0.2, -0.15) is 0 Å². The fourth-order valence-corrected chi connectivity index (χ4v) is 20.2. The number of phenols is 5. The first-order valence-corrected chi connectivity index (χ1v) is 63.4. The Balaban J connectivity index is 0.000000226. The van der Waals surface area contributed by atoms with Gasteiger partial charge in [0.05, 0.1) is 101 Å². The Morgan fingerprint density at radius 3 is 1.22 bits per heavy atom.